The molecule has 5 aromatic carbocycles. The summed E-state index contributed by atoms with van der Waals surface area (Å²) < 4.78 is 5.53. The molecule has 20 heteroatoms. The number of carbonyl (C=O) groups excluding carboxylic acids is 4. The Morgan fingerprint density at radius 1 is 0.588 bits per heavy atom. The van der Waals surface area contributed by atoms with E-state index in [0.717, 1.165) is 45.6 Å². The van der Waals surface area contributed by atoms with Gasteiger partial charge in [-0.05, 0) is 86.3 Å². The molecular weight excluding hydrogens is 1020 g/mol. The Bertz CT molecular complexity index is 3670. The Labute approximate surface area is 459 Å². The van der Waals surface area contributed by atoms with Gasteiger partial charge in [0.05, 0.1) is 30.0 Å². The highest BCUT2D eigenvalue weighted by Crippen LogP contribution is 2.29. The number of oxime groups is 1. The molecule has 0 unspecified atom stereocenters. The molecule has 2 saturated heterocycles. The van der Waals surface area contributed by atoms with Crippen LogP contribution < -0.4 is 16.4 Å². The molecule has 404 valence electrons. The average molecular weight is 1070 g/mol. The molecule has 80 heavy (non-hydrogen) atoms. The number of carbonyl (C=O) groups is 5. The van der Waals surface area contributed by atoms with Gasteiger partial charge in [-0.1, -0.05) is 126 Å². The van der Waals surface area contributed by atoms with E-state index in [0.29, 0.717) is 79.1 Å². The zero-order valence-corrected chi connectivity index (χ0v) is 43.3. The summed E-state index contributed by atoms with van der Waals surface area (Å²) in [6.45, 7) is 8.72. The maximum absolute atomic E-state index is 12.5. The van der Waals surface area contributed by atoms with Crippen molar-refractivity contribution in [2.75, 3.05) is 39.3 Å². The van der Waals surface area contributed by atoms with E-state index in [1.807, 2.05) is 109 Å². The highest BCUT2D eigenvalue weighted by molar-refractivity contribution is 5.98. The number of carboxylic acid groups (broad SMARTS) is 1. The average Bonchev–Trinajstić information content (AvgIpc) is 4.04. The van der Waals surface area contributed by atoms with Crippen LogP contribution in [0.3, 0.4) is 0 Å². The lowest BCUT2D eigenvalue weighted by atomic mass is 9.96. The van der Waals surface area contributed by atoms with Gasteiger partial charge in [-0.25, -0.2) is 9.97 Å². The lowest BCUT2D eigenvalue weighted by Crippen LogP contribution is -2.45. The number of carboxylic acids is 1. The number of amides is 4. The van der Waals surface area contributed by atoms with Crippen LogP contribution in [-0.4, -0.2) is 120 Å². The van der Waals surface area contributed by atoms with Crippen molar-refractivity contribution in [1.82, 2.24) is 45.5 Å². The highest BCUT2D eigenvalue weighted by Gasteiger charge is 2.29. The number of nitrogens with two attached hydrogens (primary N) is 1. The number of hydrogen-bond donors (Lipinski definition) is 5. The molecule has 4 aromatic heterocycles. The van der Waals surface area contributed by atoms with E-state index < -0.39 is 5.97 Å². The van der Waals surface area contributed by atoms with Crippen molar-refractivity contribution >= 4 is 74.0 Å². The Kier molecular flexibility index (Phi) is 19.2. The minimum Gasteiger partial charge on any atom is -0.481 e. The fourth-order valence-electron chi connectivity index (χ4n) is 8.74. The molecule has 2 aliphatic heterocycles. The summed E-state index contributed by atoms with van der Waals surface area (Å²) in [6.07, 6.45) is 2.39. The van der Waals surface area contributed by atoms with Crippen LogP contribution in [0.15, 0.2) is 180 Å². The van der Waals surface area contributed by atoms with E-state index in [2.05, 4.69) is 45.7 Å². The smallest absolute Gasteiger partial charge is 0.306 e. The van der Waals surface area contributed by atoms with Crippen LogP contribution in [0.1, 0.15) is 63.9 Å². The van der Waals surface area contributed by atoms with E-state index in [9.17, 15) is 24.0 Å². The predicted molar refractivity (Wildman–Crippen MR) is 300 cm³/mol. The molecule has 0 aliphatic carbocycles. The molecule has 11 rings (SSSR count). The van der Waals surface area contributed by atoms with Crippen molar-refractivity contribution in [1.29, 1.82) is 0 Å². The molecule has 2 fully saturated rings. The number of likely N-dealkylation sites (tertiary alicyclic amines) is 2. The number of hydrogen-bond acceptors (Lipinski definition) is 13. The van der Waals surface area contributed by atoms with Gasteiger partial charge in [0, 0.05) is 59.4 Å². The number of para-hydroxylation sites is 3. The first-order valence-electron chi connectivity index (χ1n) is 25.7. The molecule has 2 aliphatic rings. The first kappa shape index (κ1) is 55.8. The molecule has 4 amide bonds. The van der Waals surface area contributed by atoms with Gasteiger partial charge >= 0.3 is 5.97 Å². The van der Waals surface area contributed by atoms with E-state index in [1.165, 1.54) is 0 Å². The molecule has 0 spiro atoms. The van der Waals surface area contributed by atoms with Crippen molar-refractivity contribution < 1.29 is 38.8 Å². The first-order chi connectivity index (χ1) is 39.0. The number of benzene rings is 5. The van der Waals surface area contributed by atoms with Gasteiger partial charge in [0.25, 0.3) is 17.6 Å². The van der Waals surface area contributed by atoms with E-state index >= 15 is 0 Å². The third-order valence-electron chi connectivity index (χ3n) is 13.2. The molecule has 9 aromatic rings. The molecular formula is C60H56N12O8. The number of piperidine rings is 2. The summed E-state index contributed by atoms with van der Waals surface area (Å²) in [5, 5.41) is 32.8. The zero-order chi connectivity index (χ0) is 56.2. The largest absolute Gasteiger partial charge is 0.481 e. The van der Waals surface area contributed by atoms with Gasteiger partial charge in [-0.3, -0.25) is 24.0 Å². The number of nitrogens with zero attached hydrogens (tertiary/aromatic N) is 9. The fourth-order valence-corrected chi connectivity index (χ4v) is 8.74. The van der Waals surface area contributed by atoms with Crippen molar-refractivity contribution in [2.24, 2.45) is 16.8 Å². The van der Waals surface area contributed by atoms with Crippen molar-refractivity contribution in [3.05, 3.63) is 204 Å². The normalized spacial score (nSPS) is 13.5. The lowest BCUT2D eigenvalue weighted by Gasteiger charge is -2.30. The van der Waals surface area contributed by atoms with Gasteiger partial charge in [0.15, 0.2) is 11.4 Å². The van der Waals surface area contributed by atoms with Crippen molar-refractivity contribution in [3.63, 3.8) is 0 Å². The lowest BCUT2D eigenvalue weighted by molar-refractivity contribution is -0.145. The second-order valence-corrected chi connectivity index (χ2v) is 18.4. The fraction of sp³-hybridized carbons (Fsp3) is 0.200. The Balaban J connectivity index is 0.000000153. The van der Waals surface area contributed by atoms with Crippen LogP contribution in [0.25, 0.3) is 49.1 Å². The molecule has 0 saturated carbocycles. The quantitative estimate of drug-likeness (QED) is 0.0283. The Morgan fingerprint density at radius 2 is 1.05 bits per heavy atom. The first-order valence-corrected chi connectivity index (χ1v) is 25.7. The summed E-state index contributed by atoms with van der Waals surface area (Å²) in [5.41, 5.74) is 10.2. The number of rotatable bonds is 10. The summed E-state index contributed by atoms with van der Waals surface area (Å²) in [7, 11) is 0. The van der Waals surface area contributed by atoms with Crippen LogP contribution in [-0.2, 0) is 14.4 Å². The second-order valence-electron chi connectivity index (χ2n) is 18.4. The third-order valence-corrected chi connectivity index (χ3v) is 13.2. The standard InChI is InChI=1S/C25H23N5O3.C15H18N2O4.C10H9N3O.C10H6N2/c31-22(16-26-24(32)18-7-2-1-3-8-18)30-14-12-19(13-15-30)25-28-23(29-33-25)21-11-10-17-6-4-5-9-20(17)27-21;18-13(17-8-6-12(7-9-17)15(20)21)10-16-14(19)11-4-2-1-3-5-11;11-10(13-14)9-6-5-7-3-1-2-4-8(7)12-9;1-11-10-7-6-8-4-2-3-5-9(8)12-10/h1-11,19H,12-16H2,(H,26,32);1-5,12H,6-10H2,(H,16,19)(H,20,21);1-6,14H,(H2,11,13);2-7H. The van der Waals surface area contributed by atoms with Gasteiger partial charge < -0.3 is 45.8 Å². The van der Waals surface area contributed by atoms with E-state index in [-0.39, 0.29) is 54.4 Å². The molecule has 0 radical (unpaired) electrons. The SMILES string of the molecule is N/C(=N\O)c1ccc2ccccc2n1.O=C(NCC(=O)N1CCC(C(=O)O)CC1)c1ccccc1.O=C(NCC(=O)N1CCC(c2nc(-c3ccc4ccccc4n3)no2)CC1)c1ccccc1.[C-]#[N+]c1ccc2ccccc2n1. The summed E-state index contributed by atoms with van der Waals surface area (Å²) >= 11 is 0. The van der Waals surface area contributed by atoms with Crippen molar-refractivity contribution in [2.45, 2.75) is 31.6 Å². The number of pyridine rings is 3. The van der Waals surface area contributed by atoms with Gasteiger partial charge in [0.2, 0.25) is 23.5 Å². The molecule has 20 nitrogen and oxygen atoms in total. The van der Waals surface area contributed by atoms with E-state index in [4.69, 9.17) is 27.1 Å². The predicted octanol–water partition coefficient (Wildman–Crippen LogP) is 8.28. The summed E-state index contributed by atoms with van der Waals surface area (Å²) in [5.74, 6) is -0.370. The second kappa shape index (κ2) is 27.6. The van der Waals surface area contributed by atoms with Crippen LogP contribution in [0.4, 0.5) is 5.82 Å². The number of fused-ring (bicyclic) bond motifs is 3. The Morgan fingerprint density at radius 3 is 1.56 bits per heavy atom. The third kappa shape index (κ3) is 15.2. The monoisotopic (exact) mass is 1070 g/mol. The van der Waals surface area contributed by atoms with E-state index in [1.54, 1.807) is 70.5 Å². The summed E-state index contributed by atoms with van der Waals surface area (Å²) in [6, 6.07) is 52.0. The topological polar surface area (TPSA) is 277 Å². The number of amidine groups is 1. The summed E-state index contributed by atoms with van der Waals surface area (Å²) in [4.78, 5) is 83.5. The van der Waals surface area contributed by atoms with Gasteiger partial charge in [0.1, 0.15) is 11.4 Å². The number of aromatic nitrogens is 5. The number of nitrogens with one attached hydrogen (secondary N) is 2. The molecule has 0 atom stereocenters. The van der Waals surface area contributed by atoms with Crippen molar-refractivity contribution in [3.8, 4) is 11.5 Å². The maximum Gasteiger partial charge on any atom is 0.306 e. The van der Waals surface area contributed by atoms with Crippen LogP contribution in [0, 0.1) is 12.5 Å². The highest BCUT2D eigenvalue weighted by atomic mass is 16.5. The number of aliphatic carboxylic acids is 1. The van der Waals surface area contributed by atoms with Crippen LogP contribution >= 0.6 is 0 Å². The zero-order valence-electron chi connectivity index (χ0n) is 43.3. The van der Waals surface area contributed by atoms with Gasteiger partial charge in [-0.15, -0.1) is 4.98 Å². The van der Waals surface area contributed by atoms with Crippen LogP contribution in [0.5, 0.6) is 0 Å². The van der Waals surface area contributed by atoms with Crippen LogP contribution in [0.2, 0.25) is 0 Å². The molecule has 0 bridgehead atoms. The minimum atomic E-state index is -0.806. The maximum atomic E-state index is 12.5. The molecule has 6 N–H and O–H groups in total. The van der Waals surface area contributed by atoms with Gasteiger partial charge in [-0.2, -0.15) is 4.98 Å². The minimum absolute atomic E-state index is 0.0171. The molecule has 6 heterocycles. The Hall–Kier alpha value is -10.4.